The number of carbonyl (C=O) groups is 3. The highest BCUT2D eigenvalue weighted by atomic mass is 35.5. The zero-order chi connectivity index (χ0) is 15.4. The Balaban J connectivity index is 1.96. The van der Waals surface area contributed by atoms with Crippen molar-refractivity contribution in [3.05, 3.63) is 35.9 Å². The van der Waals surface area contributed by atoms with Crippen molar-refractivity contribution in [1.82, 2.24) is 9.80 Å². The predicted octanol–water partition coefficient (Wildman–Crippen LogP) is 1.05. The Hall–Kier alpha value is -1.88. The Morgan fingerprint density at radius 2 is 1.76 bits per heavy atom. The molecule has 6 heteroatoms. The van der Waals surface area contributed by atoms with E-state index >= 15 is 0 Å². The van der Waals surface area contributed by atoms with E-state index in [2.05, 4.69) is 0 Å². The van der Waals surface area contributed by atoms with Crippen molar-refractivity contribution in [1.29, 1.82) is 0 Å². The van der Waals surface area contributed by atoms with Crippen LogP contribution in [0.15, 0.2) is 30.3 Å². The fraction of sp³-hybridized carbons (Fsp3) is 0.400. The van der Waals surface area contributed by atoms with Crippen LogP contribution in [0.2, 0.25) is 0 Å². The van der Waals surface area contributed by atoms with E-state index < -0.39 is 5.38 Å². The molecule has 0 bridgehead atoms. The van der Waals surface area contributed by atoms with E-state index in [9.17, 15) is 14.4 Å². The second kappa shape index (κ2) is 6.72. The molecule has 0 N–H and O–H groups in total. The third-order valence-electron chi connectivity index (χ3n) is 3.37. The number of benzene rings is 1. The first-order chi connectivity index (χ1) is 9.99. The molecule has 1 heterocycles. The van der Waals surface area contributed by atoms with Crippen molar-refractivity contribution in [2.24, 2.45) is 0 Å². The van der Waals surface area contributed by atoms with Crippen LogP contribution in [0.25, 0.3) is 0 Å². The quantitative estimate of drug-likeness (QED) is 0.617. The van der Waals surface area contributed by atoms with Crippen LogP contribution in [0.3, 0.4) is 0 Å². The molecule has 21 heavy (non-hydrogen) atoms. The van der Waals surface area contributed by atoms with Crippen LogP contribution in [0.5, 0.6) is 0 Å². The molecular formula is C15H17ClN2O3. The zero-order valence-electron chi connectivity index (χ0n) is 11.8. The van der Waals surface area contributed by atoms with E-state index in [0.29, 0.717) is 13.0 Å². The Kier molecular flexibility index (Phi) is 4.96. The number of hydrogen-bond donors (Lipinski definition) is 0. The minimum atomic E-state index is -0.735. The Morgan fingerprint density at radius 1 is 1.19 bits per heavy atom. The molecule has 112 valence electrons. The van der Waals surface area contributed by atoms with Crippen LogP contribution in [0.1, 0.15) is 12.5 Å². The largest absolute Gasteiger partial charge is 0.323 e. The van der Waals surface area contributed by atoms with Gasteiger partial charge in [0.15, 0.2) is 0 Å². The molecule has 0 aliphatic carbocycles. The lowest BCUT2D eigenvalue weighted by Gasteiger charge is -2.33. The topological polar surface area (TPSA) is 57.7 Å². The Bertz CT molecular complexity index is 527. The van der Waals surface area contributed by atoms with Crippen molar-refractivity contribution >= 4 is 29.3 Å². The fourth-order valence-corrected chi connectivity index (χ4v) is 2.37. The number of nitrogens with zero attached hydrogens (tertiary/aromatic N) is 2. The van der Waals surface area contributed by atoms with Gasteiger partial charge in [0.25, 0.3) is 0 Å². The number of carbonyl (C=O) groups excluding carboxylic acids is 3. The summed E-state index contributed by atoms with van der Waals surface area (Å²) in [5, 5.41) is -0.735. The van der Waals surface area contributed by atoms with Gasteiger partial charge >= 0.3 is 0 Å². The van der Waals surface area contributed by atoms with Crippen LogP contribution >= 0.6 is 11.6 Å². The molecule has 1 saturated heterocycles. The number of hydrogen-bond acceptors (Lipinski definition) is 3. The molecule has 0 spiro atoms. The number of amides is 3. The molecule has 1 unspecified atom stereocenters. The third-order valence-corrected chi connectivity index (χ3v) is 3.56. The number of piperazine rings is 1. The zero-order valence-corrected chi connectivity index (χ0v) is 12.5. The summed E-state index contributed by atoms with van der Waals surface area (Å²) in [7, 11) is 0. The van der Waals surface area contributed by atoms with Crippen molar-refractivity contribution < 1.29 is 14.4 Å². The number of rotatable bonds is 4. The molecule has 1 aliphatic rings. The molecule has 2 rings (SSSR count). The molecule has 5 nitrogen and oxygen atoms in total. The second-order valence-electron chi connectivity index (χ2n) is 4.99. The standard InChI is InChI=1S/C15H17ClN2O3/c1-11(16)15(21)17-9-13(19)18(14(20)10-17)8-7-12-5-3-2-4-6-12/h2-6,11H,7-10H2,1H3. The van der Waals surface area contributed by atoms with Crippen LogP contribution in [-0.2, 0) is 20.8 Å². The summed E-state index contributed by atoms with van der Waals surface area (Å²) in [6.07, 6.45) is 0.609. The van der Waals surface area contributed by atoms with Crippen molar-refractivity contribution in [3.8, 4) is 0 Å². The van der Waals surface area contributed by atoms with Crippen molar-refractivity contribution in [2.45, 2.75) is 18.7 Å². The average molecular weight is 309 g/mol. The van der Waals surface area contributed by atoms with Crippen molar-refractivity contribution in [2.75, 3.05) is 19.6 Å². The molecular weight excluding hydrogens is 292 g/mol. The number of alkyl halides is 1. The maximum absolute atomic E-state index is 12.0. The summed E-state index contributed by atoms with van der Waals surface area (Å²) in [5.74, 6) is -1.10. The van der Waals surface area contributed by atoms with Gasteiger partial charge < -0.3 is 4.90 Å². The summed E-state index contributed by atoms with van der Waals surface area (Å²) >= 11 is 5.71. The highest BCUT2D eigenvalue weighted by Gasteiger charge is 2.34. The highest BCUT2D eigenvalue weighted by Crippen LogP contribution is 2.10. The third kappa shape index (κ3) is 3.82. The monoisotopic (exact) mass is 308 g/mol. The van der Waals surface area contributed by atoms with Gasteiger partial charge in [-0.25, -0.2) is 0 Å². The van der Waals surface area contributed by atoms with E-state index in [0.717, 1.165) is 5.56 Å². The molecule has 0 saturated carbocycles. The van der Waals surface area contributed by atoms with Gasteiger partial charge in [0.2, 0.25) is 17.7 Å². The SMILES string of the molecule is CC(Cl)C(=O)N1CC(=O)N(CCc2ccccc2)C(=O)C1. The highest BCUT2D eigenvalue weighted by molar-refractivity contribution is 6.30. The second-order valence-corrected chi connectivity index (χ2v) is 5.64. The summed E-state index contributed by atoms with van der Waals surface area (Å²) in [6.45, 7) is 1.69. The lowest BCUT2D eigenvalue weighted by molar-refractivity contribution is -0.156. The van der Waals surface area contributed by atoms with Crippen LogP contribution in [0.4, 0.5) is 0 Å². The maximum Gasteiger partial charge on any atom is 0.248 e. The maximum atomic E-state index is 12.0. The van der Waals surface area contributed by atoms with Gasteiger partial charge in [-0.1, -0.05) is 30.3 Å². The molecule has 1 aromatic rings. The average Bonchev–Trinajstić information content (AvgIpc) is 2.46. The first-order valence-corrected chi connectivity index (χ1v) is 7.22. The summed E-state index contributed by atoms with van der Waals surface area (Å²) in [6, 6.07) is 9.64. The Labute approximate surface area is 128 Å². The van der Waals surface area contributed by atoms with Gasteiger partial charge in [-0.05, 0) is 18.9 Å². The first-order valence-electron chi connectivity index (χ1n) is 6.79. The van der Waals surface area contributed by atoms with Gasteiger partial charge in [-0.3, -0.25) is 19.3 Å². The lowest BCUT2D eigenvalue weighted by Crippen LogP contribution is -2.57. The lowest BCUT2D eigenvalue weighted by atomic mass is 10.1. The van der Waals surface area contributed by atoms with Gasteiger partial charge in [-0.15, -0.1) is 11.6 Å². The predicted molar refractivity (Wildman–Crippen MR) is 78.8 cm³/mol. The Morgan fingerprint density at radius 3 is 2.29 bits per heavy atom. The fourth-order valence-electron chi connectivity index (χ4n) is 2.23. The first kappa shape index (κ1) is 15.5. The molecule has 1 aromatic carbocycles. The van der Waals surface area contributed by atoms with E-state index in [4.69, 9.17) is 11.6 Å². The summed E-state index contributed by atoms with van der Waals surface area (Å²) in [4.78, 5) is 38.2. The molecule has 3 amide bonds. The van der Waals surface area contributed by atoms with Crippen LogP contribution < -0.4 is 0 Å². The normalized spacial score (nSPS) is 17.0. The van der Waals surface area contributed by atoms with Crippen molar-refractivity contribution in [3.63, 3.8) is 0 Å². The molecule has 1 aliphatic heterocycles. The van der Waals surface area contributed by atoms with Gasteiger partial charge in [0.05, 0.1) is 0 Å². The van der Waals surface area contributed by atoms with Gasteiger partial charge in [0, 0.05) is 6.54 Å². The molecule has 0 radical (unpaired) electrons. The van der Waals surface area contributed by atoms with Gasteiger partial charge in [0.1, 0.15) is 18.5 Å². The number of imide groups is 1. The number of halogens is 1. The van der Waals surface area contributed by atoms with Crippen LogP contribution in [-0.4, -0.2) is 52.5 Å². The van der Waals surface area contributed by atoms with Gasteiger partial charge in [-0.2, -0.15) is 0 Å². The smallest absolute Gasteiger partial charge is 0.248 e. The minimum Gasteiger partial charge on any atom is -0.323 e. The van der Waals surface area contributed by atoms with E-state index in [1.165, 1.54) is 16.7 Å². The van der Waals surface area contributed by atoms with Crippen LogP contribution in [0, 0.1) is 0 Å². The molecule has 0 aromatic heterocycles. The van der Waals surface area contributed by atoms with E-state index in [-0.39, 0.29) is 30.8 Å². The summed E-state index contributed by atoms with van der Waals surface area (Å²) in [5.41, 5.74) is 1.06. The summed E-state index contributed by atoms with van der Waals surface area (Å²) < 4.78 is 0. The minimum absolute atomic E-state index is 0.0869. The van der Waals surface area contributed by atoms with E-state index in [1.54, 1.807) is 0 Å². The van der Waals surface area contributed by atoms with E-state index in [1.807, 2.05) is 30.3 Å². The molecule has 1 fully saturated rings. The molecule has 1 atom stereocenters.